The van der Waals surface area contributed by atoms with Crippen molar-refractivity contribution in [3.63, 3.8) is 0 Å². The maximum Gasteiger partial charge on any atom is 0.271 e. The fourth-order valence-electron chi connectivity index (χ4n) is 1.72. The third-order valence-corrected chi connectivity index (χ3v) is 2.73. The van der Waals surface area contributed by atoms with Crippen molar-refractivity contribution >= 4 is 11.4 Å². The van der Waals surface area contributed by atoms with Crippen LogP contribution in [0.4, 0.5) is 11.4 Å². The maximum absolute atomic E-state index is 10.8. The molecule has 0 saturated carbocycles. The molecule has 0 unspecified atom stereocenters. The Balaban J connectivity index is 2.34. The van der Waals surface area contributed by atoms with Crippen LogP contribution in [-0.4, -0.2) is 26.2 Å². The zero-order valence-electron chi connectivity index (χ0n) is 10.6. The van der Waals surface area contributed by atoms with E-state index >= 15 is 0 Å². The fraction of sp³-hybridized carbons (Fsp3) is 0.333. The van der Waals surface area contributed by atoms with Crippen LogP contribution >= 0.6 is 0 Å². The second-order valence-corrected chi connectivity index (χ2v) is 4.11. The summed E-state index contributed by atoms with van der Waals surface area (Å²) in [7, 11) is 0. The second kappa shape index (κ2) is 5.94. The summed E-state index contributed by atoms with van der Waals surface area (Å²) in [5.41, 5.74) is 1.55. The van der Waals surface area contributed by atoms with Crippen molar-refractivity contribution in [3.8, 4) is 5.69 Å². The third-order valence-electron chi connectivity index (χ3n) is 2.73. The predicted octanol–water partition coefficient (Wildman–Crippen LogP) is 2.39. The molecule has 1 N–H and O–H groups in total. The third kappa shape index (κ3) is 3.06. The summed E-state index contributed by atoms with van der Waals surface area (Å²) in [5, 5.41) is 21.6. The van der Waals surface area contributed by atoms with E-state index in [2.05, 4.69) is 22.4 Å². The minimum Gasteiger partial charge on any atom is -0.383 e. The van der Waals surface area contributed by atoms with Crippen LogP contribution in [0.15, 0.2) is 30.9 Å². The van der Waals surface area contributed by atoms with Gasteiger partial charge in [0.25, 0.3) is 5.69 Å². The molecule has 1 aromatic carbocycles. The van der Waals surface area contributed by atoms with Gasteiger partial charge in [-0.25, -0.2) is 0 Å². The molecule has 2 rings (SSSR count). The number of nitrogens with one attached hydrogen (secondary N) is 1. The van der Waals surface area contributed by atoms with Crippen molar-refractivity contribution in [1.29, 1.82) is 0 Å². The van der Waals surface area contributed by atoms with Gasteiger partial charge in [-0.1, -0.05) is 13.3 Å². The van der Waals surface area contributed by atoms with Gasteiger partial charge in [-0.2, -0.15) is 0 Å². The smallest absolute Gasteiger partial charge is 0.271 e. The summed E-state index contributed by atoms with van der Waals surface area (Å²) in [6, 6.07) is 4.71. The summed E-state index contributed by atoms with van der Waals surface area (Å²) in [6.07, 6.45) is 5.16. The zero-order chi connectivity index (χ0) is 13.7. The molecule has 7 nitrogen and oxygen atoms in total. The molecule has 19 heavy (non-hydrogen) atoms. The Hall–Kier alpha value is -2.44. The summed E-state index contributed by atoms with van der Waals surface area (Å²) in [6.45, 7) is 2.93. The molecule has 2 aromatic rings. The molecule has 0 aliphatic carbocycles. The number of non-ortho nitro benzene ring substituents is 1. The van der Waals surface area contributed by atoms with E-state index in [9.17, 15) is 10.1 Å². The number of nitrogens with zero attached hydrogens (tertiary/aromatic N) is 4. The average Bonchev–Trinajstić information content (AvgIpc) is 2.93. The van der Waals surface area contributed by atoms with Crippen molar-refractivity contribution in [2.24, 2.45) is 0 Å². The zero-order valence-corrected chi connectivity index (χ0v) is 10.6. The van der Waals surface area contributed by atoms with Gasteiger partial charge in [0, 0.05) is 18.7 Å². The lowest BCUT2D eigenvalue weighted by Crippen LogP contribution is -2.05. The molecule has 100 valence electrons. The number of nitro groups is 1. The lowest BCUT2D eigenvalue weighted by atomic mass is 10.2. The number of rotatable bonds is 6. The van der Waals surface area contributed by atoms with Gasteiger partial charge in [-0.15, -0.1) is 10.2 Å². The summed E-state index contributed by atoms with van der Waals surface area (Å²) >= 11 is 0. The number of unbranched alkanes of at least 4 members (excludes halogenated alkanes) is 1. The quantitative estimate of drug-likeness (QED) is 0.490. The number of aromatic nitrogens is 3. The molecular weight excluding hydrogens is 246 g/mol. The maximum atomic E-state index is 10.8. The molecule has 1 aromatic heterocycles. The Morgan fingerprint density at radius 3 is 2.74 bits per heavy atom. The average molecular weight is 261 g/mol. The molecule has 0 bridgehead atoms. The van der Waals surface area contributed by atoms with E-state index in [1.54, 1.807) is 10.6 Å². The van der Waals surface area contributed by atoms with E-state index in [4.69, 9.17) is 0 Å². The highest BCUT2D eigenvalue weighted by molar-refractivity contribution is 5.64. The molecule has 7 heteroatoms. The van der Waals surface area contributed by atoms with Crippen molar-refractivity contribution in [2.45, 2.75) is 19.8 Å². The van der Waals surface area contributed by atoms with Gasteiger partial charge in [0.1, 0.15) is 12.7 Å². The van der Waals surface area contributed by atoms with Gasteiger partial charge in [-0.05, 0) is 12.5 Å². The van der Waals surface area contributed by atoms with Crippen molar-refractivity contribution < 1.29 is 4.92 Å². The van der Waals surface area contributed by atoms with Crippen LogP contribution in [0.1, 0.15) is 19.8 Å². The number of nitro benzene ring substituents is 1. The van der Waals surface area contributed by atoms with E-state index in [1.165, 1.54) is 24.8 Å². The molecule has 0 fully saturated rings. The minimum atomic E-state index is -0.413. The Labute approximate surface area is 110 Å². The number of anilines is 1. The lowest BCUT2D eigenvalue weighted by Gasteiger charge is -2.11. The first kappa shape index (κ1) is 13.0. The van der Waals surface area contributed by atoms with Crippen molar-refractivity contribution in [3.05, 3.63) is 41.0 Å². The number of benzene rings is 1. The Kier molecular flexibility index (Phi) is 4.07. The first-order valence-electron chi connectivity index (χ1n) is 6.09. The minimum absolute atomic E-state index is 0.0461. The van der Waals surface area contributed by atoms with E-state index < -0.39 is 4.92 Å². The van der Waals surface area contributed by atoms with Crippen LogP contribution < -0.4 is 5.32 Å². The molecule has 0 spiro atoms. The topological polar surface area (TPSA) is 85.9 Å². The molecule has 0 aliphatic heterocycles. The summed E-state index contributed by atoms with van der Waals surface area (Å²) in [5.74, 6) is 0. The second-order valence-electron chi connectivity index (χ2n) is 4.11. The fourth-order valence-corrected chi connectivity index (χ4v) is 1.72. The highest BCUT2D eigenvalue weighted by Gasteiger charge is 2.12. The first-order valence-corrected chi connectivity index (χ1v) is 6.09. The Bertz CT molecular complexity index is 553. The number of hydrogen-bond donors (Lipinski definition) is 1. The molecule has 0 aliphatic rings. The largest absolute Gasteiger partial charge is 0.383 e. The Morgan fingerprint density at radius 1 is 1.37 bits per heavy atom. The number of hydrogen-bond acceptors (Lipinski definition) is 5. The van der Waals surface area contributed by atoms with Crippen LogP contribution in [0.25, 0.3) is 5.69 Å². The monoisotopic (exact) mass is 261 g/mol. The van der Waals surface area contributed by atoms with Crippen LogP contribution in [-0.2, 0) is 0 Å². The van der Waals surface area contributed by atoms with E-state index in [-0.39, 0.29) is 5.69 Å². The normalized spacial score (nSPS) is 10.4. The predicted molar refractivity (Wildman–Crippen MR) is 71.4 cm³/mol. The van der Waals surface area contributed by atoms with E-state index in [1.807, 2.05) is 0 Å². The van der Waals surface area contributed by atoms with Crippen LogP contribution in [0.2, 0.25) is 0 Å². The molecule has 0 saturated heterocycles. The van der Waals surface area contributed by atoms with Gasteiger partial charge in [-0.3, -0.25) is 14.7 Å². The SMILES string of the molecule is CCCCNc1ccc([N+](=O)[O-])cc1-n1cnnc1. The van der Waals surface area contributed by atoms with Gasteiger partial charge in [0.15, 0.2) is 0 Å². The summed E-state index contributed by atoms with van der Waals surface area (Å²) in [4.78, 5) is 10.4. The lowest BCUT2D eigenvalue weighted by molar-refractivity contribution is -0.384. The van der Waals surface area contributed by atoms with Crippen LogP contribution in [0, 0.1) is 10.1 Å². The van der Waals surface area contributed by atoms with Gasteiger partial charge in [0.05, 0.1) is 16.3 Å². The van der Waals surface area contributed by atoms with Gasteiger partial charge < -0.3 is 5.32 Å². The van der Waals surface area contributed by atoms with Crippen molar-refractivity contribution in [1.82, 2.24) is 14.8 Å². The standard InChI is InChI=1S/C12H15N5O2/c1-2-3-6-13-11-5-4-10(17(18)19)7-12(11)16-8-14-15-9-16/h4-5,7-9,13H,2-3,6H2,1H3. The molecule has 0 atom stereocenters. The first-order chi connectivity index (χ1) is 9.22. The van der Waals surface area contributed by atoms with Gasteiger partial charge >= 0.3 is 0 Å². The van der Waals surface area contributed by atoms with Crippen molar-refractivity contribution in [2.75, 3.05) is 11.9 Å². The molecular formula is C12H15N5O2. The van der Waals surface area contributed by atoms with E-state index in [0.29, 0.717) is 5.69 Å². The molecule has 1 heterocycles. The summed E-state index contributed by atoms with van der Waals surface area (Å²) < 4.78 is 1.65. The highest BCUT2D eigenvalue weighted by Crippen LogP contribution is 2.25. The van der Waals surface area contributed by atoms with Crippen LogP contribution in [0.5, 0.6) is 0 Å². The highest BCUT2D eigenvalue weighted by atomic mass is 16.6. The molecule has 0 radical (unpaired) electrons. The molecule has 0 amide bonds. The van der Waals surface area contributed by atoms with Gasteiger partial charge in [0.2, 0.25) is 0 Å². The van der Waals surface area contributed by atoms with Crippen LogP contribution in [0.3, 0.4) is 0 Å². The van der Waals surface area contributed by atoms with E-state index in [0.717, 1.165) is 25.1 Å². The Morgan fingerprint density at radius 2 is 2.11 bits per heavy atom.